The second-order valence-electron chi connectivity index (χ2n) is 6.51. The highest BCUT2D eigenvalue weighted by molar-refractivity contribution is 5.94. The molecule has 0 saturated carbocycles. The van der Waals surface area contributed by atoms with Crippen molar-refractivity contribution in [3.63, 3.8) is 0 Å². The van der Waals surface area contributed by atoms with Crippen molar-refractivity contribution in [3.05, 3.63) is 56.2 Å². The van der Waals surface area contributed by atoms with Crippen LogP contribution in [0.1, 0.15) is 42.9 Å². The summed E-state index contributed by atoms with van der Waals surface area (Å²) in [4.78, 5) is 42.4. The number of imidazole rings is 1. The van der Waals surface area contributed by atoms with Gasteiger partial charge in [-0.25, -0.2) is 14.2 Å². The molecule has 0 saturated heterocycles. The summed E-state index contributed by atoms with van der Waals surface area (Å²) in [6.07, 6.45) is 1.66. The zero-order chi connectivity index (χ0) is 20.4. The van der Waals surface area contributed by atoms with Gasteiger partial charge in [-0.3, -0.25) is 19.1 Å². The Hall–Kier alpha value is -3.23. The normalized spacial score (nSPS) is 11.1. The summed E-state index contributed by atoms with van der Waals surface area (Å²) < 4.78 is 22.5. The highest BCUT2D eigenvalue weighted by Crippen LogP contribution is 2.19. The van der Waals surface area contributed by atoms with Crippen LogP contribution in [-0.2, 0) is 20.2 Å². The lowest BCUT2D eigenvalue weighted by Crippen LogP contribution is -2.31. The topological polar surface area (TPSA) is 99.0 Å². The molecule has 0 fully saturated rings. The molecule has 1 N–H and O–H groups in total. The number of ether oxygens (including phenoxy) is 1. The standard InChI is InChI=1S/C19H21FN4O4/c1-4-5-8-24-17-16(18(26)22-19(24)27)23(3)15(21-17)10-28-12-6-7-13(11(2)25)14(20)9-12/h6-7,9H,4-5,8,10H2,1-3H3,(H,22,26,27). The van der Waals surface area contributed by atoms with Crippen LogP contribution in [0, 0.1) is 5.82 Å². The molecule has 148 valence electrons. The third kappa shape index (κ3) is 3.60. The molecule has 0 aliphatic heterocycles. The van der Waals surface area contributed by atoms with Gasteiger partial charge in [0.25, 0.3) is 5.56 Å². The predicted molar refractivity (Wildman–Crippen MR) is 101 cm³/mol. The molecule has 0 radical (unpaired) electrons. The van der Waals surface area contributed by atoms with Gasteiger partial charge >= 0.3 is 5.69 Å². The van der Waals surface area contributed by atoms with Gasteiger partial charge < -0.3 is 9.30 Å². The number of fused-ring (bicyclic) bond motifs is 1. The van der Waals surface area contributed by atoms with Crippen molar-refractivity contribution in [1.82, 2.24) is 19.1 Å². The molecular formula is C19H21FN4O4. The Labute approximate surface area is 159 Å². The highest BCUT2D eigenvalue weighted by atomic mass is 19.1. The number of Topliss-reactive ketones (excluding diaryl/α,β-unsaturated/α-hetero) is 1. The smallest absolute Gasteiger partial charge is 0.330 e. The number of carbonyl (C=O) groups is 1. The fourth-order valence-electron chi connectivity index (χ4n) is 2.96. The molecule has 3 rings (SSSR count). The second-order valence-corrected chi connectivity index (χ2v) is 6.51. The van der Waals surface area contributed by atoms with Gasteiger partial charge in [0.15, 0.2) is 16.9 Å². The Kier molecular flexibility index (Phi) is 5.43. The van der Waals surface area contributed by atoms with Crippen molar-refractivity contribution in [1.29, 1.82) is 0 Å². The van der Waals surface area contributed by atoms with E-state index in [0.29, 0.717) is 18.0 Å². The van der Waals surface area contributed by atoms with Crippen LogP contribution in [0.15, 0.2) is 27.8 Å². The first-order chi connectivity index (χ1) is 13.3. The third-order valence-electron chi connectivity index (χ3n) is 4.53. The number of unbranched alkanes of at least 4 members (excludes halogenated alkanes) is 1. The lowest BCUT2D eigenvalue weighted by Gasteiger charge is -2.07. The maximum absolute atomic E-state index is 13.9. The van der Waals surface area contributed by atoms with Gasteiger partial charge in [0, 0.05) is 19.7 Å². The number of benzene rings is 1. The van der Waals surface area contributed by atoms with Gasteiger partial charge in [-0.05, 0) is 25.5 Å². The SMILES string of the molecule is CCCCn1c(=O)[nH]c(=O)c2c1nc(COc1ccc(C(C)=O)c(F)c1)n2C. The first-order valence-corrected chi connectivity index (χ1v) is 8.95. The third-order valence-corrected chi connectivity index (χ3v) is 4.53. The lowest BCUT2D eigenvalue weighted by atomic mass is 10.1. The number of hydrogen-bond donors (Lipinski definition) is 1. The quantitative estimate of drug-likeness (QED) is 0.625. The summed E-state index contributed by atoms with van der Waals surface area (Å²) in [6.45, 7) is 3.69. The van der Waals surface area contributed by atoms with E-state index in [-0.39, 0.29) is 29.2 Å². The van der Waals surface area contributed by atoms with E-state index in [4.69, 9.17) is 4.74 Å². The molecule has 0 aliphatic carbocycles. The van der Waals surface area contributed by atoms with E-state index in [1.54, 1.807) is 11.6 Å². The Morgan fingerprint density at radius 1 is 1.32 bits per heavy atom. The average molecular weight is 388 g/mol. The van der Waals surface area contributed by atoms with Crippen LogP contribution in [0.5, 0.6) is 5.75 Å². The van der Waals surface area contributed by atoms with Gasteiger partial charge in [-0.2, -0.15) is 0 Å². The van der Waals surface area contributed by atoms with Crippen molar-refractivity contribution in [2.45, 2.75) is 39.8 Å². The number of aromatic nitrogens is 4. The number of aromatic amines is 1. The largest absolute Gasteiger partial charge is 0.486 e. The summed E-state index contributed by atoms with van der Waals surface area (Å²) >= 11 is 0. The number of carbonyl (C=O) groups excluding carboxylic acids is 1. The molecule has 2 aromatic heterocycles. The molecule has 8 nitrogen and oxygen atoms in total. The minimum atomic E-state index is -0.667. The Bertz CT molecular complexity index is 1160. The van der Waals surface area contributed by atoms with E-state index in [1.807, 2.05) is 6.92 Å². The molecule has 9 heteroatoms. The molecule has 2 heterocycles. The summed E-state index contributed by atoms with van der Waals surface area (Å²) in [5.74, 6) is -0.400. The number of aryl methyl sites for hydroxylation is 2. The van der Waals surface area contributed by atoms with E-state index < -0.39 is 17.1 Å². The van der Waals surface area contributed by atoms with Crippen LogP contribution in [0.3, 0.4) is 0 Å². The van der Waals surface area contributed by atoms with Gasteiger partial charge in [0.05, 0.1) is 5.56 Å². The number of rotatable bonds is 7. The number of ketones is 1. The number of H-pyrrole nitrogens is 1. The predicted octanol–water partition coefficient (Wildman–Crippen LogP) is 2.14. The Morgan fingerprint density at radius 3 is 2.71 bits per heavy atom. The van der Waals surface area contributed by atoms with Gasteiger partial charge in [0.1, 0.15) is 24.0 Å². The Balaban J connectivity index is 1.94. The molecule has 0 bridgehead atoms. The molecule has 0 amide bonds. The van der Waals surface area contributed by atoms with Crippen LogP contribution < -0.4 is 16.0 Å². The Morgan fingerprint density at radius 2 is 2.07 bits per heavy atom. The van der Waals surface area contributed by atoms with E-state index in [2.05, 4.69) is 9.97 Å². The van der Waals surface area contributed by atoms with E-state index in [0.717, 1.165) is 18.9 Å². The number of halogens is 1. The average Bonchev–Trinajstić information content (AvgIpc) is 2.96. The summed E-state index contributed by atoms with van der Waals surface area (Å²) in [5, 5.41) is 0. The van der Waals surface area contributed by atoms with Crippen molar-refractivity contribution in [2.24, 2.45) is 7.05 Å². The van der Waals surface area contributed by atoms with Crippen molar-refractivity contribution in [3.8, 4) is 5.75 Å². The van der Waals surface area contributed by atoms with Crippen molar-refractivity contribution >= 4 is 16.9 Å². The van der Waals surface area contributed by atoms with Gasteiger partial charge in [0.2, 0.25) is 0 Å². The van der Waals surface area contributed by atoms with E-state index in [1.165, 1.54) is 23.6 Å². The van der Waals surface area contributed by atoms with Gasteiger partial charge in [-0.1, -0.05) is 13.3 Å². The second kappa shape index (κ2) is 7.79. The van der Waals surface area contributed by atoms with Crippen molar-refractivity contribution < 1.29 is 13.9 Å². The number of nitrogens with one attached hydrogen (secondary N) is 1. The van der Waals surface area contributed by atoms with Crippen LogP contribution in [0.4, 0.5) is 4.39 Å². The molecule has 1 aromatic carbocycles. The van der Waals surface area contributed by atoms with Crippen LogP contribution >= 0.6 is 0 Å². The molecule has 0 atom stereocenters. The zero-order valence-electron chi connectivity index (χ0n) is 15.9. The molecule has 0 spiro atoms. The summed E-state index contributed by atoms with van der Waals surface area (Å²) in [5.41, 5.74) is -0.473. The van der Waals surface area contributed by atoms with E-state index >= 15 is 0 Å². The molecule has 3 aromatic rings. The van der Waals surface area contributed by atoms with Gasteiger partial charge in [-0.15, -0.1) is 0 Å². The molecule has 28 heavy (non-hydrogen) atoms. The van der Waals surface area contributed by atoms with Crippen LogP contribution in [0.25, 0.3) is 11.2 Å². The summed E-state index contributed by atoms with van der Waals surface area (Å²) in [7, 11) is 1.65. The van der Waals surface area contributed by atoms with Crippen molar-refractivity contribution in [2.75, 3.05) is 0 Å². The fourth-order valence-corrected chi connectivity index (χ4v) is 2.96. The lowest BCUT2D eigenvalue weighted by molar-refractivity contribution is 0.101. The minimum absolute atomic E-state index is 0.0124. The van der Waals surface area contributed by atoms with Crippen LogP contribution in [0.2, 0.25) is 0 Å². The first-order valence-electron chi connectivity index (χ1n) is 8.95. The molecule has 0 unspecified atom stereocenters. The maximum atomic E-state index is 13.9. The first kappa shape index (κ1) is 19.5. The van der Waals surface area contributed by atoms with E-state index in [9.17, 15) is 18.8 Å². The van der Waals surface area contributed by atoms with Crippen LogP contribution in [-0.4, -0.2) is 24.9 Å². The highest BCUT2D eigenvalue weighted by Gasteiger charge is 2.17. The molecular weight excluding hydrogens is 367 g/mol. The molecule has 0 aliphatic rings. The maximum Gasteiger partial charge on any atom is 0.330 e. The zero-order valence-corrected chi connectivity index (χ0v) is 15.9. The number of hydrogen-bond acceptors (Lipinski definition) is 5. The minimum Gasteiger partial charge on any atom is -0.486 e. The number of nitrogens with zero attached hydrogens (tertiary/aromatic N) is 3. The summed E-state index contributed by atoms with van der Waals surface area (Å²) in [6, 6.07) is 3.98. The fraction of sp³-hybridized carbons (Fsp3) is 0.368. The monoisotopic (exact) mass is 388 g/mol.